The zero-order chi connectivity index (χ0) is 31.7. The molecule has 2 radical (unpaired) electrons. The number of hydrogen-bond donors (Lipinski definition) is 4. The van der Waals surface area contributed by atoms with Gasteiger partial charge in [-0.25, -0.2) is 4.39 Å². The Balaban J connectivity index is 1.34. The molecular formula is C33H34FN3O7. The monoisotopic (exact) mass is 603 g/mol. The van der Waals surface area contributed by atoms with Crippen molar-refractivity contribution in [3.8, 4) is 5.75 Å². The van der Waals surface area contributed by atoms with Crippen LogP contribution in [0.2, 0.25) is 0 Å². The first-order valence-electron chi connectivity index (χ1n) is 14.7. The third kappa shape index (κ3) is 4.44. The van der Waals surface area contributed by atoms with E-state index in [4.69, 9.17) is 0 Å². The fourth-order valence-corrected chi connectivity index (χ4v) is 7.82. The molecule has 1 heterocycles. The van der Waals surface area contributed by atoms with E-state index in [0.717, 1.165) is 25.9 Å². The second kappa shape index (κ2) is 10.8. The van der Waals surface area contributed by atoms with Crippen LogP contribution in [0.1, 0.15) is 47.4 Å². The molecule has 0 unspecified atom stereocenters. The molecule has 0 spiro atoms. The van der Waals surface area contributed by atoms with E-state index in [2.05, 4.69) is 17.0 Å². The molecule has 230 valence electrons. The predicted octanol–water partition coefficient (Wildman–Crippen LogP) is 2.59. The Bertz CT molecular complexity index is 1630. The number of nitrogens with zero attached hydrogens (tertiary/aromatic N) is 3. The summed E-state index contributed by atoms with van der Waals surface area (Å²) in [5, 5.41) is 44.8. The quantitative estimate of drug-likeness (QED) is 0.377. The Hall–Kier alpha value is -4.06. The molecule has 1 amide bonds. The fraction of sp³-hybridized carbons (Fsp3) is 0.424. The molecule has 1 saturated heterocycles. The van der Waals surface area contributed by atoms with E-state index in [1.165, 1.54) is 30.6 Å². The third-order valence-corrected chi connectivity index (χ3v) is 9.95. The molecule has 10 nitrogen and oxygen atoms in total. The van der Waals surface area contributed by atoms with Crippen LogP contribution in [0.25, 0.3) is 5.76 Å². The van der Waals surface area contributed by atoms with Gasteiger partial charge >= 0.3 is 5.91 Å². The number of halogens is 1. The summed E-state index contributed by atoms with van der Waals surface area (Å²) in [7, 11) is 2.97. The second-order valence-corrected chi connectivity index (χ2v) is 12.6. The first-order valence-corrected chi connectivity index (χ1v) is 14.7. The highest BCUT2D eigenvalue weighted by molar-refractivity contribution is 6.24. The number of rotatable bonds is 5. The summed E-state index contributed by atoms with van der Waals surface area (Å²) >= 11 is 0. The maximum absolute atomic E-state index is 16.2. The molecule has 4 aliphatic rings. The number of piperidine rings is 1. The maximum Gasteiger partial charge on any atom is 0.302 e. The van der Waals surface area contributed by atoms with Gasteiger partial charge in [0, 0.05) is 29.2 Å². The molecule has 4 N–H and O–H groups in total. The summed E-state index contributed by atoms with van der Waals surface area (Å²) in [4.78, 5) is 42.4. The molecule has 6 rings (SSSR count). The summed E-state index contributed by atoms with van der Waals surface area (Å²) in [6, 6.07) is 10.2. The number of carbonyl (C=O) groups excluding carboxylic acids is 3. The molecule has 11 heteroatoms. The van der Waals surface area contributed by atoms with Crippen LogP contribution in [-0.4, -0.2) is 86.5 Å². The molecular weight excluding hydrogens is 569 g/mol. The molecule has 0 aromatic heterocycles. The van der Waals surface area contributed by atoms with Crippen LogP contribution in [0.5, 0.6) is 5.75 Å². The van der Waals surface area contributed by atoms with Crippen molar-refractivity contribution in [1.29, 1.82) is 0 Å². The summed E-state index contributed by atoms with van der Waals surface area (Å²) < 4.78 is 16.2. The number of ketones is 2. The van der Waals surface area contributed by atoms with Crippen LogP contribution in [0.4, 0.5) is 4.39 Å². The zero-order valence-corrected chi connectivity index (χ0v) is 24.5. The van der Waals surface area contributed by atoms with Crippen molar-refractivity contribution in [2.24, 2.45) is 11.8 Å². The number of aliphatic hydroxyl groups excluding tert-OH is 2. The summed E-state index contributed by atoms with van der Waals surface area (Å²) in [5.74, 6) is -8.72. The van der Waals surface area contributed by atoms with Gasteiger partial charge < -0.3 is 20.4 Å². The Morgan fingerprint density at radius 1 is 1.09 bits per heavy atom. The van der Waals surface area contributed by atoms with E-state index in [9.17, 15) is 40.5 Å². The highest BCUT2D eigenvalue weighted by Crippen LogP contribution is 2.53. The molecule has 2 aromatic rings. The lowest BCUT2D eigenvalue weighted by atomic mass is 9.57. The number of aromatic hydroxyl groups is 1. The van der Waals surface area contributed by atoms with Gasteiger partial charge in [0.2, 0.25) is 5.78 Å². The fourth-order valence-electron chi connectivity index (χ4n) is 7.82. The number of benzene rings is 2. The minimum atomic E-state index is -2.81. The third-order valence-electron chi connectivity index (χ3n) is 9.95. The molecule has 1 saturated carbocycles. The average molecular weight is 604 g/mol. The van der Waals surface area contributed by atoms with E-state index in [1.54, 1.807) is 0 Å². The zero-order valence-electron chi connectivity index (χ0n) is 24.5. The Morgan fingerprint density at radius 2 is 1.75 bits per heavy atom. The highest BCUT2D eigenvalue weighted by Gasteiger charge is 2.64. The first-order chi connectivity index (χ1) is 20.9. The minimum absolute atomic E-state index is 0.0261. The van der Waals surface area contributed by atoms with Crippen molar-refractivity contribution in [3.63, 3.8) is 0 Å². The lowest BCUT2D eigenvalue weighted by Crippen LogP contribution is -2.65. The van der Waals surface area contributed by atoms with Crippen LogP contribution in [0.3, 0.4) is 0 Å². The van der Waals surface area contributed by atoms with E-state index in [-0.39, 0.29) is 41.6 Å². The van der Waals surface area contributed by atoms with Crippen molar-refractivity contribution in [2.75, 3.05) is 27.2 Å². The van der Waals surface area contributed by atoms with Crippen molar-refractivity contribution < 1.29 is 39.2 Å². The van der Waals surface area contributed by atoms with Crippen molar-refractivity contribution in [2.45, 2.75) is 49.8 Å². The van der Waals surface area contributed by atoms with Crippen molar-refractivity contribution in [3.05, 3.63) is 81.4 Å². The van der Waals surface area contributed by atoms with Gasteiger partial charge in [0.1, 0.15) is 28.7 Å². The molecule has 44 heavy (non-hydrogen) atoms. The second-order valence-electron chi connectivity index (χ2n) is 12.6. The number of likely N-dealkylation sites (tertiary alicyclic amines) is 1. The number of aliphatic hydroxyl groups is 3. The SMILES string of the molecule is CN(C)[C@@H]1C(=O)C(C([N])=O)=C(O)[C@@]2(O)C(=O)C3=C(O)c4c(O)cc(CN5CCC(c6ccccc6)CC5)c(F)c4C[C@H]3C[C@@H]12. The number of amides is 1. The molecule has 3 aliphatic carbocycles. The Labute approximate surface area is 253 Å². The standard InChI is InChI=1S/C33H34FN3O7/c1-36(2)27-21-13-18-12-20-24(28(39)23(18)30(41)33(21,44)31(42)25(29(27)40)32(35)43)22(38)14-19(26(20)34)15-37-10-8-17(9-11-37)16-6-4-3-5-7-16/h3-7,14,17-18,21,27,38-39,42,44H,8-13,15H2,1-2H3/t18-,21-,27-,33-/m0/s1. The Kier molecular flexibility index (Phi) is 7.38. The van der Waals surface area contributed by atoms with Gasteiger partial charge in [-0.05, 0) is 76.3 Å². The topological polar surface area (TPSA) is 161 Å². The number of Topliss-reactive ketones (excluding diaryl/α,β-unsaturated/α-hetero) is 2. The van der Waals surface area contributed by atoms with Gasteiger partial charge in [0.15, 0.2) is 11.4 Å². The summed E-state index contributed by atoms with van der Waals surface area (Å²) in [6.07, 6.45) is 1.56. The normalized spacial score (nSPS) is 27.8. The van der Waals surface area contributed by atoms with Crippen molar-refractivity contribution >= 4 is 23.2 Å². The minimum Gasteiger partial charge on any atom is -0.508 e. The van der Waals surface area contributed by atoms with E-state index in [1.807, 2.05) is 18.2 Å². The first kappa shape index (κ1) is 30.0. The van der Waals surface area contributed by atoms with Gasteiger partial charge in [0.05, 0.1) is 11.6 Å². The van der Waals surface area contributed by atoms with Crippen LogP contribution in [0, 0.1) is 17.7 Å². The maximum atomic E-state index is 16.2. The molecule has 2 fully saturated rings. The van der Waals surface area contributed by atoms with Gasteiger partial charge in [-0.15, -0.1) is 5.73 Å². The van der Waals surface area contributed by atoms with Crippen LogP contribution < -0.4 is 5.73 Å². The number of phenolic OH excluding ortho intramolecular Hbond substituents is 1. The van der Waals surface area contributed by atoms with Crippen LogP contribution in [-0.2, 0) is 27.3 Å². The molecule has 4 atom stereocenters. The number of hydrogen-bond acceptors (Lipinski definition) is 9. The lowest BCUT2D eigenvalue weighted by Gasteiger charge is -2.50. The average Bonchev–Trinajstić information content (AvgIpc) is 2.98. The lowest BCUT2D eigenvalue weighted by molar-refractivity contribution is -0.153. The Morgan fingerprint density at radius 3 is 2.36 bits per heavy atom. The van der Waals surface area contributed by atoms with E-state index < -0.39 is 69.6 Å². The van der Waals surface area contributed by atoms with Gasteiger partial charge in [-0.3, -0.25) is 24.2 Å². The van der Waals surface area contributed by atoms with Crippen LogP contribution >= 0.6 is 0 Å². The number of fused-ring (bicyclic) bond motifs is 3. The molecule has 1 aliphatic heterocycles. The number of phenols is 1. The predicted molar refractivity (Wildman–Crippen MR) is 156 cm³/mol. The van der Waals surface area contributed by atoms with E-state index >= 15 is 4.39 Å². The molecule has 2 aromatic carbocycles. The smallest absolute Gasteiger partial charge is 0.302 e. The van der Waals surface area contributed by atoms with Gasteiger partial charge in [-0.2, -0.15) is 0 Å². The number of likely N-dealkylation sites (N-methyl/N-ethyl adjacent to an activating group) is 1. The van der Waals surface area contributed by atoms with Crippen molar-refractivity contribution in [1.82, 2.24) is 15.5 Å². The largest absolute Gasteiger partial charge is 0.508 e. The van der Waals surface area contributed by atoms with Crippen LogP contribution in [0.15, 0.2) is 53.3 Å². The van der Waals surface area contributed by atoms with E-state index in [0.29, 0.717) is 5.92 Å². The highest BCUT2D eigenvalue weighted by atomic mass is 19.1. The summed E-state index contributed by atoms with van der Waals surface area (Å²) in [5.41, 5.74) is 6.67. The van der Waals surface area contributed by atoms with Gasteiger partial charge in [-0.1, -0.05) is 30.3 Å². The summed E-state index contributed by atoms with van der Waals surface area (Å²) in [6.45, 7) is 1.71. The van der Waals surface area contributed by atoms with Gasteiger partial charge in [0.25, 0.3) is 0 Å². The molecule has 0 bridgehead atoms. The number of carbonyl (C=O) groups is 3.